The maximum Gasteiger partial charge on any atom is 0.340 e. The second-order valence-electron chi connectivity index (χ2n) is 4.43. The van der Waals surface area contributed by atoms with Crippen LogP contribution in [-0.4, -0.2) is 16.2 Å². The number of hydrogen-bond acceptors (Lipinski definition) is 2. The minimum absolute atomic E-state index is 0.250. The largest absolute Gasteiger partial charge is 0.479 e. The van der Waals surface area contributed by atoms with Crippen LogP contribution in [0.2, 0.25) is 0 Å². The Morgan fingerprint density at radius 1 is 1.11 bits per heavy atom. The molecule has 1 unspecified atom stereocenters. The van der Waals surface area contributed by atoms with Gasteiger partial charge < -0.3 is 10.2 Å². The van der Waals surface area contributed by atoms with Gasteiger partial charge in [-0.3, -0.25) is 0 Å². The smallest absolute Gasteiger partial charge is 0.340 e. The lowest BCUT2D eigenvalue weighted by Gasteiger charge is -2.18. The van der Waals surface area contributed by atoms with Crippen LogP contribution in [0.3, 0.4) is 0 Å². The Morgan fingerprint density at radius 2 is 1.68 bits per heavy atom. The highest BCUT2D eigenvalue weighted by Gasteiger charge is 2.31. The van der Waals surface area contributed by atoms with Gasteiger partial charge in [0, 0.05) is 5.56 Å². The molecule has 19 heavy (non-hydrogen) atoms. The molecule has 0 fully saturated rings. The number of carbonyl (C=O) groups is 1. The summed E-state index contributed by atoms with van der Waals surface area (Å²) in [5.74, 6) is -1.67. The Bertz CT molecular complexity index is 603. The summed E-state index contributed by atoms with van der Waals surface area (Å²) in [6, 6.07) is 12.5. The number of carboxylic acid groups (broad SMARTS) is 1. The molecular formula is C15H13FO3. The Morgan fingerprint density at radius 3 is 2.21 bits per heavy atom. The monoisotopic (exact) mass is 260 g/mol. The van der Waals surface area contributed by atoms with Crippen LogP contribution in [0.1, 0.15) is 12.5 Å². The van der Waals surface area contributed by atoms with Gasteiger partial charge in [-0.1, -0.05) is 42.5 Å². The summed E-state index contributed by atoms with van der Waals surface area (Å²) in [5.41, 5.74) is -0.638. The molecule has 0 aliphatic carbocycles. The fraction of sp³-hybridized carbons (Fsp3) is 0.133. The molecule has 0 spiro atoms. The molecule has 0 aromatic heterocycles. The van der Waals surface area contributed by atoms with Crippen molar-refractivity contribution in [3.63, 3.8) is 0 Å². The maximum absolute atomic E-state index is 13.6. The van der Waals surface area contributed by atoms with E-state index in [0.29, 0.717) is 11.1 Å². The summed E-state index contributed by atoms with van der Waals surface area (Å²) in [7, 11) is 0. The molecule has 0 bridgehead atoms. The number of benzene rings is 2. The van der Waals surface area contributed by atoms with E-state index in [1.54, 1.807) is 30.3 Å². The lowest BCUT2D eigenvalue weighted by molar-refractivity contribution is -0.157. The topological polar surface area (TPSA) is 57.5 Å². The molecule has 4 heteroatoms. The third-order valence-electron chi connectivity index (χ3n) is 3.05. The molecule has 1 atom stereocenters. The summed E-state index contributed by atoms with van der Waals surface area (Å²) < 4.78 is 13.6. The van der Waals surface area contributed by atoms with Gasteiger partial charge in [0.1, 0.15) is 5.82 Å². The molecule has 2 aromatic rings. The van der Waals surface area contributed by atoms with Gasteiger partial charge in [0.2, 0.25) is 0 Å². The summed E-state index contributed by atoms with van der Waals surface area (Å²) >= 11 is 0. The summed E-state index contributed by atoms with van der Waals surface area (Å²) in [4.78, 5) is 10.9. The quantitative estimate of drug-likeness (QED) is 0.892. The minimum atomic E-state index is -1.95. The number of rotatable bonds is 3. The van der Waals surface area contributed by atoms with Crippen molar-refractivity contribution in [2.24, 2.45) is 0 Å². The first-order chi connectivity index (χ1) is 8.93. The molecule has 0 radical (unpaired) electrons. The molecule has 0 saturated heterocycles. The summed E-state index contributed by atoms with van der Waals surface area (Å²) in [6.07, 6.45) is 0. The van der Waals surface area contributed by atoms with Gasteiger partial charge in [0.25, 0.3) is 0 Å². The molecule has 2 N–H and O–H groups in total. The maximum atomic E-state index is 13.6. The van der Waals surface area contributed by atoms with Crippen LogP contribution in [0.25, 0.3) is 11.1 Å². The van der Waals surface area contributed by atoms with Gasteiger partial charge in [0.05, 0.1) is 0 Å². The zero-order chi connectivity index (χ0) is 14.0. The third kappa shape index (κ3) is 2.48. The van der Waals surface area contributed by atoms with Crippen molar-refractivity contribution in [1.82, 2.24) is 0 Å². The lowest BCUT2D eigenvalue weighted by Crippen LogP contribution is -2.31. The molecule has 3 nitrogen and oxygen atoms in total. The van der Waals surface area contributed by atoms with Gasteiger partial charge in [-0.05, 0) is 24.1 Å². The molecule has 2 rings (SSSR count). The molecule has 0 amide bonds. The molecular weight excluding hydrogens is 247 g/mol. The van der Waals surface area contributed by atoms with E-state index >= 15 is 0 Å². The highest BCUT2D eigenvalue weighted by Crippen LogP contribution is 2.26. The van der Waals surface area contributed by atoms with Crippen molar-refractivity contribution >= 4 is 5.97 Å². The van der Waals surface area contributed by atoms with E-state index in [-0.39, 0.29) is 11.4 Å². The van der Waals surface area contributed by atoms with Crippen LogP contribution in [0, 0.1) is 5.82 Å². The van der Waals surface area contributed by atoms with E-state index in [1.165, 1.54) is 25.1 Å². The van der Waals surface area contributed by atoms with Crippen molar-refractivity contribution in [2.45, 2.75) is 12.5 Å². The molecule has 98 valence electrons. The normalized spacial score (nSPS) is 13.8. The van der Waals surface area contributed by atoms with E-state index in [0.717, 1.165) is 0 Å². The van der Waals surface area contributed by atoms with Gasteiger partial charge >= 0.3 is 5.97 Å². The van der Waals surface area contributed by atoms with E-state index < -0.39 is 11.6 Å². The molecule has 0 heterocycles. The fourth-order valence-corrected chi connectivity index (χ4v) is 1.79. The second-order valence-corrected chi connectivity index (χ2v) is 4.43. The number of aliphatic hydroxyl groups is 1. The van der Waals surface area contributed by atoms with Gasteiger partial charge in [-0.25, -0.2) is 9.18 Å². The van der Waals surface area contributed by atoms with Gasteiger partial charge in [0.15, 0.2) is 5.60 Å². The second kappa shape index (κ2) is 4.82. The summed E-state index contributed by atoms with van der Waals surface area (Å²) in [5, 5.41) is 18.7. The van der Waals surface area contributed by atoms with E-state index in [1.807, 2.05) is 0 Å². The van der Waals surface area contributed by atoms with Gasteiger partial charge in [-0.2, -0.15) is 0 Å². The number of carboxylic acids is 1. The average Bonchev–Trinajstić information content (AvgIpc) is 2.39. The zero-order valence-electron chi connectivity index (χ0n) is 10.3. The minimum Gasteiger partial charge on any atom is -0.479 e. The first kappa shape index (κ1) is 13.2. The van der Waals surface area contributed by atoms with Crippen LogP contribution in [0.5, 0.6) is 0 Å². The van der Waals surface area contributed by atoms with E-state index in [2.05, 4.69) is 0 Å². The summed E-state index contributed by atoms with van der Waals surface area (Å²) in [6.45, 7) is 1.20. The molecule has 2 aromatic carbocycles. The Balaban J connectivity index is 2.40. The zero-order valence-corrected chi connectivity index (χ0v) is 10.3. The number of halogens is 1. The SMILES string of the molecule is CC(O)(C(=O)O)c1ccc(-c2ccccc2F)cc1. The Hall–Kier alpha value is -2.20. The van der Waals surface area contributed by atoms with Crippen LogP contribution in [-0.2, 0) is 10.4 Å². The number of aliphatic carboxylic acids is 1. The highest BCUT2D eigenvalue weighted by molar-refractivity contribution is 5.79. The predicted molar refractivity (Wildman–Crippen MR) is 69.0 cm³/mol. The molecule has 0 saturated carbocycles. The van der Waals surface area contributed by atoms with Crippen LogP contribution >= 0.6 is 0 Å². The predicted octanol–water partition coefficient (Wildman–Crippen LogP) is 2.78. The van der Waals surface area contributed by atoms with Crippen molar-refractivity contribution in [2.75, 3.05) is 0 Å². The van der Waals surface area contributed by atoms with E-state index in [4.69, 9.17) is 5.11 Å². The Kier molecular flexibility index (Phi) is 3.36. The molecule has 0 aliphatic heterocycles. The lowest BCUT2D eigenvalue weighted by atomic mass is 9.94. The third-order valence-corrected chi connectivity index (χ3v) is 3.05. The fourth-order valence-electron chi connectivity index (χ4n) is 1.79. The average molecular weight is 260 g/mol. The standard InChI is InChI=1S/C15H13FO3/c1-15(19,14(17)18)11-8-6-10(7-9-11)12-4-2-3-5-13(12)16/h2-9,19H,1H3,(H,17,18). The molecule has 0 aliphatic rings. The van der Waals surface area contributed by atoms with Crippen LogP contribution in [0.4, 0.5) is 4.39 Å². The van der Waals surface area contributed by atoms with Crippen molar-refractivity contribution < 1.29 is 19.4 Å². The van der Waals surface area contributed by atoms with Crippen molar-refractivity contribution in [3.05, 3.63) is 59.9 Å². The first-order valence-corrected chi connectivity index (χ1v) is 5.74. The van der Waals surface area contributed by atoms with Gasteiger partial charge in [-0.15, -0.1) is 0 Å². The highest BCUT2D eigenvalue weighted by atomic mass is 19.1. The number of hydrogen-bond donors (Lipinski definition) is 2. The Labute approximate surface area is 109 Å². The first-order valence-electron chi connectivity index (χ1n) is 5.74. The van der Waals surface area contributed by atoms with E-state index in [9.17, 15) is 14.3 Å². The van der Waals surface area contributed by atoms with Crippen LogP contribution < -0.4 is 0 Å². The van der Waals surface area contributed by atoms with Crippen LogP contribution in [0.15, 0.2) is 48.5 Å². The van der Waals surface area contributed by atoms with Crippen molar-refractivity contribution in [3.8, 4) is 11.1 Å². The van der Waals surface area contributed by atoms with Crippen molar-refractivity contribution in [1.29, 1.82) is 0 Å².